The minimum absolute atomic E-state index is 0.134. The highest BCUT2D eigenvalue weighted by atomic mass is 19.5. The second-order valence-corrected chi connectivity index (χ2v) is 26.2. The fourth-order valence-corrected chi connectivity index (χ4v) is 14.0. The molecule has 5 aromatic carbocycles. The SMILES string of the molecule is CCCCC1(CCCC)c2cc(/C=C(\C#N)C(=O)O)ccc2-c2ccc(N(c3ccc(C(COC(C(F)(F)F)(C(F)(F)F)C(F)(F)F)(COC(C(F)(F)F)(C(F)(F)F)C(F)(F)F)COC(C(F)(F)F)(C(F)(F)F)C(F)(F)F)cc3)c3ccc4c(c3)C(CCCC)(CCCC)c3cc(/C=C(\C#N)C(=O)O)ccc3-4)cc21. The maximum atomic E-state index is 14.8. The van der Waals surface area contributed by atoms with Crippen molar-refractivity contribution in [1.29, 1.82) is 10.5 Å². The van der Waals surface area contributed by atoms with Crippen LogP contribution in [0.3, 0.4) is 0 Å². The van der Waals surface area contributed by atoms with Crippen molar-refractivity contribution in [3.63, 3.8) is 0 Å². The highest BCUT2D eigenvalue weighted by Crippen LogP contribution is 2.63. The lowest BCUT2D eigenvalue weighted by Crippen LogP contribution is -2.71. The van der Waals surface area contributed by atoms with Gasteiger partial charge in [0.1, 0.15) is 23.3 Å². The molecule has 0 spiro atoms. The number of carbonyl (C=O) groups is 2. The van der Waals surface area contributed by atoms with Gasteiger partial charge in [0.05, 0.1) is 25.2 Å². The van der Waals surface area contributed by atoms with E-state index in [-0.39, 0.29) is 60.3 Å². The number of fused-ring (bicyclic) bond motifs is 6. The lowest BCUT2D eigenvalue weighted by atomic mass is 9.70. The summed E-state index contributed by atoms with van der Waals surface area (Å²) in [4.78, 5) is 25.3. The number of anilines is 3. The first-order chi connectivity index (χ1) is 50.1. The van der Waals surface area contributed by atoms with Crippen LogP contribution in [0.2, 0.25) is 0 Å². The van der Waals surface area contributed by atoms with E-state index in [4.69, 9.17) is 0 Å². The summed E-state index contributed by atoms with van der Waals surface area (Å²) < 4.78 is 409. The number of nitriles is 2. The van der Waals surface area contributed by atoms with E-state index in [1.165, 1.54) is 48.5 Å². The maximum Gasteiger partial charge on any atom is 0.435 e. The Morgan fingerprint density at radius 1 is 0.376 bits per heavy atom. The minimum atomic E-state index is -8.19. The molecular weight excluding hydrogens is 1530 g/mol. The molecule has 7 rings (SSSR count). The zero-order valence-electron chi connectivity index (χ0n) is 57.0. The number of rotatable bonds is 29. The van der Waals surface area contributed by atoms with Gasteiger partial charge in [-0.25, -0.2) is 9.59 Å². The van der Waals surface area contributed by atoms with Crippen LogP contribution in [0, 0.1) is 22.7 Å². The smallest absolute Gasteiger partial charge is 0.435 e. The molecule has 0 atom stereocenters. The Kier molecular flexibility index (Phi) is 24.8. The number of nitrogens with zero attached hydrogens (tertiary/aromatic N) is 3. The number of hydrogen-bond acceptors (Lipinski definition) is 8. The van der Waals surface area contributed by atoms with Crippen molar-refractivity contribution < 1.29 is 153 Å². The first kappa shape index (κ1) is 87.5. The van der Waals surface area contributed by atoms with Gasteiger partial charge in [0.2, 0.25) is 0 Å². The Morgan fingerprint density at radius 3 is 0.844 bits per heavy atom. The molecule has 0 radical (unpaired) electrons. The Morgan fingerprint density at radius 2 is 0.615 bits per heavy atom. The summed E-state index contributed by atoms with van der Waals surface area (Å²) >= 11 is 0. The second-order valence-electron chi connectivity index (χ2n) is 26.2. The van der Waals surface area contributed by atoms with E-state index < -0.39 is 143 Å². The van der Waals surface area contributed by atoms with Gasteiger partial charge in [-0.2, -0.15) is 129 Å². The van der Waals surface area contributed by atoms with E-state index in [0.29, 0.717) is 108 Å². The summed E-state index contributed by atoms with van der Waals surface area (Å²) in [5.74, 6) is -3.24. The molecule has 109 heavy (non-hydrogen) atoms. The largest absolute Gasteiger partial charge is 0.477 e. The van der Waals surface area contributed by atoms with Crippen molar-refractivity contribution in [3.8, 4) is 34.4 Å². The summed E-state index contributed by atoms with van der Waals surface area (Å²) in [7, 11) is 0. The van der Waals surface area contributed by atoms with Crippen LogP contribution in [0.1, 0.15) is 144 Å². The quantitative estimate of drug-likeness (QED) is 0.0269. The number of carboxylic acid groups (broad SMARTS) is 2. The number of unbranched alkanes of at least 4 members (excludes halogenated alkanes) is 4. The fourth-order valence-electron chi connectivity index (χ4n) is 14.0. The van der Waals surface area contributed by atoms with Gasteiger partial charge < -0.3 is 29.3 Å². The van der Waals surface area contributed by atoms with Gasteiger partial charge in [-0.15, -0.1) is 0 Å². The topological polar surface area (TPSA) is 153 Å². The molecule has 0 unspecified atom stereocenters. The first-order valence-corrected chi connectivity index (χ1v) is 32.8. The number of alkyl halides is 27. The summed E-state index contributed by atoms with van der Waals surface area (Å²) in [6.07, 6.45) is -67.0. The van der Waals surface area contributed by atoms with Crippen LogP contribution >= 0.6 is 0 Å². The van der Waals surface area contributed by atoms with E-state index in [0.717, 1.165) is 17.1 Å². The Balaban J connectivity index is 1.69. The molecule has 0 saturated carbocycles. The zero-order valence-corrected chi connectivity index (χ0v) is 57.0. The second kappa shape index (κ2) is 30.9. The molecule has 5 aromatic rings. The Hall–Kier alpha value is -8.71. The monoisotopic (exact) mass is 1590 g/mol. The van der Waals surface area contributed by atoms with Crippen molar-refractivity contribution in [1.82, 2.24) is 0 Å². The van der Waals surface area contributed by atoms with Crippen molar-refractivity contribution in [2.45, 2.75) is 193 Å². The molecule has 0 fully saturated rings. The standard InChI is InChI=1S/C72H62F27N3O7/c1-5-9-25-59(26-10-6-2)52-31-40(29-42(35-100)56(103)104)13-21-48(52)50-23-19-46(33-54(50)59)102(47-20-24-51-49-22-14-41(30-43(36-101)57(105)106)32-53(49)60(27-11-7-3,28-12-8-4)55(51)34-47)45-17-15-44(16-18-45)58(37-107-61(64(73,74)75,65(76,77)78)66(79,80)81,38-108-62(67(82,83)84,68(85,86)87)69(88,89)90)39-109-63(70(91,92)93,71(94,95)96)72(97,98)99/h13-24,29-34H,5-12,25-28,37-39H2,1-4H3,(H,103,104)(H,105,106)/b42-29+,43-30+. The zero-order chi connectivity index (χ0) is 82.3. The fraction of sp³-hybridized carbons (Fsp3) is 0.472. The number of carboxylic acids is 2. The molecule has 0 bridgehead atoms. The molecular formula is C72H62F27N3O7. The number of benzene rings is 5. The van der Waals surface area contributed by atoms with Crippen LogP contribution in [0.25, 0.3) is 34.4 Å². The summed E-state index contributed by atoms with van der Waals surface area (Å²) in [5.41, 5.74) is -32.4. The van der Waals surface area contributed by atoms with Crippen LogP contribution in [0.5, 0.6) is 0 Å². The Labute approximate surface area is 602 Å². The first-order valence-electron chi connectivity index (χ1n) is 32.8. The van der Waals surface area contributed by atoms with E-state index in [2.05, 4.69) is 14.2 Å². The summed E-state index contributed by atoms with van der Waals surface area (Å²) in [6, 6.07) is 21.4. The Bertz CT molecular complexity index is 3870. The highest BCUT2D eigenvalue weighted by molar-refractivity contribution is 5.98. The lowest BCUT2D eigenvalue weighted by molar-refractivity contribution is -0.470. The maximum absolute atomic E-state index is 14.8. The molecule has 2 aliphatic rings. The van der Waals surface area contributed by atoms with E-state index in [1.807, 2.05) is 0 Å². The third-order valence-corrected chi connectivity index (χ3v) is 19.4. The van der Waals surface area contributed by atoms with Gasteiger partial charge in [0, 0.05) is 27.9 Å². The van der Waals surface area contributed by atoms with Crippen molar-refractivity contribution in [3.05, 3.63) is 147 Å². The van der Waals surface area contributed by atoms with Gasteiger partial charge in [-0.3, -0.25) is 0 Å². The molecule has 0 heterocycles. The molecule has 0 amide bonds. The average molecular weight is 1590 g/mol. The van der Waals surface area contributed by atoms with Gasteiger partial charge in [-0.05, 0) is 135 Å². The number of hydrogen-bond donors (Lipinski definition) is 2. The molecule has 10 nitrogen and oxygen atoms in total. The molecule has 0 aromatic heterocycles. The molecule has 2 aliphatic carbocycles. The predicted octanol–water partition coefficient (Wildman–Crippen LogP) is 23.0. The lowest BCUT2D eigenvalue weighted by Gasteiger charge is -2.46. The average Bonchev–Trinajstić information content (AvgIpc) is 1.58. The molecule has 0 aliphatic heterocycles. The van der Waals surface area contributed by atoms with Crippen LogP contribution in [0.15, 0.2) is 108 Å². The molecule has 2 N–H and O–H groups in total. The molecule has 596 valence electrons. The van der Waals surface area contributed by atoms with Crippen molar-refractivity contribution in [2.24, 2.45) is 0 Å². The molecule has 0 saturated heterocycles. The van der Waals surface area contributed by atoms with E-state index in [1.54, 1.807) is 64.1 Å². The summed E-state index contributed by atoms with van der Waals surface area (Å²) in [6.45, 7) is -5.06. The predicted molar refractivity (Wildman–Crippen MR) is 336 cm³/mol. The molecule has 37 heteroatoms. The number of halogens is 27. The van der Waals surface area contributed by atoms with Crippen LogP contribution < -0.4 is 4.90 Å². The van der Waals surface area contributed by atoms with E-state index in [9.17, 15) is 149 Å². The van der Waals surface area contributed by atoms with Crippen LogP contribution in [-0.2, 0) is 40.0 Å². The normalized spacial score (nSPS) is 15.4. The van der Waals surface area contributed by atoms with Gasteiger partial charge in [0.25, 0.3) is 0 Å². The number of aliphatic carboxylic acids is 2. The highest BCUT2D eigenvalue weighted by Gasteiger charge is 2.89. The van der Waals surface area contributed by atoms with Gasteiger partial charge >= 0.3 is 84.3 Å². The summed E-state index contributed by atoms with van der Waals surface area (Å²) in [5, 5.41) is 39.1. The van der Waals surface area contributed by atoms with Gasteiger partial charge in [0.15, 0.2) is 0 Å². The third kappa shape index (κ3) is 15.6. The van der Waals surface area contributed by atoms with Crippen LogP contribution in [-0.4, -0.2) is 114 Å². The minimum Gasteiger partial charge on any atom is -0.477 e. The van der Waals surface area contributed by atoms with Gasteiger partial charge in [-0.1, -0.05) is 140 Å². The van der Waals surface area contributed by atoms with Crippen molar-refractivity contribution >= 4 is 41.2 Å². The number of ether oxygens (including phenoxy) is 3. The van der Waals surface area contributed by atoms with Crippen molar-refractivity contribution in [2.75, 3.05) is 24.7 Å². The van der Waals surface area contributed by atoms with E-state index >= 15 is 0 Å². The third-order valence-electron chi connectivity index (χ3n) is 19.4. The van der Waals surface area contributed by atoms with Crippen LogP contribution in [0.4, 0.5) is 136 Å².